The SMILES string of the molecule is O=C(Nc1cccc(Cl)c1N1CCC(N2CCOCC2)CC1)c1ccc(Br)o1.O=C(O)C(F)(F)F. The number of benzene rings is 1. The summed E-state index contributed by atoms with van der Waals surface area (Å²) in [6.07, 6.45) is -2.94. The molecule has 2 aliphatic rings. The highest BCUT2D eigenvalue weighted by Gasteiger charge is 2.38. The summed E-state index contributed by atoms with van der Waals surface area (Å²) < 4.78 is 43.1. The van der Waals surface area contributed by atoms with Gasteiger partial charge in [-0.15, -0.1) is 0 Å². The van der Waals surface area contributed by atoms with Crippen LogP contribution in [0.5, 0.6) is 0 Å². The molecule has 2 N–H and O–H groups in total. The number of morpholine rings is 1. The Morgan fingerprint density at radius 1 is 1.09 bits per heavy atom. The number of alkyl halides is 3. The van der Waals surface area contributed by atoms with Gasteiger partial charge in [0.2, 0.25) is 0 Å². The van der Waals surface area contributed by atoms with Gasteiger partial charge in [-0.05, 0) is 53.0 Å². The van der Waals surface area contributed by atoms with Crippen LogP contribution in [0.15, 0.2) is 39.4 Å². The number of rotatable bonds is 4. The monoisotopic (exact) mass is 581 g/mol. The fourth-order valence-corrected chi connectivity index (χ4v) is 4.56. The van der Waals surface area contributed by atoms with Crippen LogP contribution in [-0.4, -0.2) is 73.5 Å². The Kier molecular flexibility index (Phi) is 9.45. The molecular formula is C22H24BrClF3N3O5. The lowest BCUT2D eigenvalue weighted by atomic mass is 10.0. The Morgan fingerprint density at radius 3 is 2.26 bits per heavy atom. The number of hydrogen-bond donors (Lipinski definition) is 2. The van der Waals surface area contributed by atoms with E-state index in [1.54, 1.807) is 12.1 Å². The highest BCUT2D eigenvalue weighted by Crippen LogP contribution is 2.36. The zero-order valence-corrected chi connectivity index (χ0v) is 20.8. The largest absolute Gasteiger partial charge is 0.490 e. The molecule has 1 aromatic heterocycles. The van der Waals surface area contributed by atoms with Crippen molar-refractivity contribution in [1.29, 1.82) is 0 Å². The van der Waals surface area contributed by atoms with Gasteiger partial charge in [0, 0.05) is 32.2 Å². The highest BCUT2D eigenvalue weighted by molar-refractivity contribution is 9.10. The number of carboxylic acid groups (broad SMARTS) is 1. The minimum Gasteiger partial charge on any atom is -0.475 e. The topological polar surface area (TPSA) is 95.3 Å². The molecule has 0 bridgehead atoms. The number of nitrogens with one attached hydrogen (secondary N) is 1. The summed E-state index contributed by atoms with van der Waals surface area (Å²) in [5.41, 5.74) is 1.58. The maximum atomic E-state index is 12.5. The van der Waals surface area contributed by atoms with Crippen molar-refractivity contribution in [3.05, 3.63) is 45.8 Å². The highest BCUT2D eigenvalue weighted by atomic mass is 79.9. The quantitative estimate of drug-likeness (QED) is 0.531. The molecule has 1 amide bonds. The number of furan rings is 1. The van der Waals surface area contributed by atoms with Gasteiger partial charge in [-0.3, -0.25) is 9.69 Å². The van der Waals surface area contributed by atoms with Gasteiger partial charge in [-0.2, -0.15) is 13.2 Å². The van der Waals surface area contributed by atoms with Gasteiger partial charge in [0.25, 0.3) is 5.91 Å². The van der Waals surface area contributed by atoms with Crippen LogP contribution in [0.25, 0.3) is 0 Å². The molecular weight excluding hydrogens is 559 g/mol. The number of anilines is 2. The Balaban J connectivity index is 0.000000429. The molecule has 0 atom stereocenters. The average molecular weight is 583 g/mol. The number of hydrogen-bond acceptors (Lipinski definition) is 6. The first-order valence-corrected chi connectivity index (χ1v) is 12.0. The molecule has 1 aromatic carbocycles. The lowest BCUT2D eigenvalue weighted by molar-refractivity contribution is -0.192. The Labute approximate surface area is 213 Å². The minimum absolute atomic E-state index is 0.254. The van der Waals surface area contributed by atoms with Crippen LogP contribution in [0.3, 0.4) is 0 Å². The fourth-order valence-electron chi connectivity index (χ4n) is 3.96. The standard InChI is InChI=1S/C20H23BrClN3O3.C2HF3O2/c21-18-5-4-17(28-18)20(26)23-16-3-1-2-15(22)19(16)25-8-6-14(7-9-25)24-10-12-27-13-11-24;3-2(4,5)1(6)7/h1-5,14H,6-13H2,(H,23,26);(H,6,7). The van der Waals surface area contributed by atoms with Gasteiger partial charge >= 0.3 is 12.1 Å². The number of carbonyl (C=O) groups excluding carboxylic acids is 1. The van der Waals surface area contributed by atoms with Crippen molar-refractivity contribution in [3.8, 4) is 0 Å². The Hall–Kier alpha value is -2.28. The van der Waals surface area contributed by atoms with E-state index in [0.29, 0.717) is 21.4 Å². The predicted octanol–water partition coefficient (Wildman–Crippen LogP) is 4.88. The van der Waals surface area contributed by atoms with Gasteiger partial charge in [-0.1, -0.05) is 17.7 Å². The molecule has 0 radical (unpaired) electrons. The summed E-state index contributed by atoms with van der Waals surface area (Å²) in [7, 11) is 0. The summed E-state index contributed by atoms with van der Waals surface area (Å²) in [4.78, 5) is 26.2. The number of nitrogens with zero attached hydrogens (tertiary/aromatic N) is 2. The van der Waals surface area contributed by atoms with E-state index >= 15 is 0 Å². The van der Waals surface area contributed by atoms with E-state index in [0.717, 1.165) is 57.9 Å². The van der Waals surface area contributed by atoms with Crippen LogP contribution in [0.4, 0.5) is 24.5 Å². The van der Waals surface area contributed by atoms with Gasteiger partial charge in [0.05, 0.1) is 29.6 Å². The first kappa shape index (κ1) is 27.3. The minimum atomic E-state index is -5.08. The summed E-state index contributed by atoms with van der Waals surface area (Å²) in [6.45, 7) is 5.48. The van der Waals surface area contributed by atoms with Crippen LogP contribution in [0, 0.1) is 0 Å². The van der Waals surface area contributed by atoms with Crippen LogP contribution in [-0.2, 0) is 9.53 Å². The van der Waals surface area contributed by atoms with Crippen molar-refractivity contribution in [1.82, 2.24) is 4.90 Å². The van der Waals surface area contributed by atoms with E-state index in [9.17, 15) is 18.0 Å². The van der Waals surface area contributed by atoms with Crippen molar-refractivity contribution >= 4 is 50.8 Å². The summed E-state index contributed by atoms with van der Waals surface area (Å²) in [6, 6.07) is 9.51. The number of ether oxygens (including phenoxy) is 1. The Bertz CT molecular complexity index is 1020. The molecule has 0 aliphatic carbocycles. The number of carboxylic acids is 1. The van der Waals surface area contributed by atoms with Crippen molar-refractivity contribution in [2.24, 2.45) is 0 Å². The molecule has 0 spiro atoms. The summed E-state index contributed by atoms with van der Waals surface area (Å²) >= 11 is 9.76. The molecule has 0 saturated carbocycles. The van der Waals surface area contributed by atoms with Gasteiger partial charge < -0.3 is 24.5 Å². The van der Waals surface area contributed by atoms with Gasteiger partial charge in [-0.25, -0.2) is 4.79 Å². The third-order valence-electron chi connectivity index (χ3n) is 5.62. The van der Waals surface area contributed by atoms with Crippen molar-refractivity contribution in [3.63, 3.8) is 0 Å². The zero-order chi connectivity index (χ0) is 25.6. The lowest BCUT2D eigenvalue weighted by Gasteiger charge is -2.41. The molecule has 2 aromatic rings. The molecule has 2 aliphatic heterocycles. The molecule has 2 saturated heterocycles. The average Bonchev–Trinajstić information content (AvgIpc) is 3.26. The van der Waals surface area contributed by atoms with Gasteiger partial charge in [0.15, 0.2) is 10.4 Å². The molecule has 0 unspecified atom stereocenters. The normalized spacial score (nSPS) is 17.5. The molecule has 2 fully saturated rings. The molecule has 4 rings (SSSR count). The van der Waals surface area contributed by atoms with Gasteiger partial charge in [0.1, 0.15) is 0 Å². The molecule has 192 valence electrons. The smallest absolute Gasteiger partial charge is 0.475 e. The number of halogens is 5. The zero-order valence-electron chi connectivity index (χ0n) is 18.5. The van der Waals surface area contributed by atoms with Crippen molar-refractivity contribution < 1.29 is 37.0 Å². The molecule has 13 heteroatoms. The van der Waals surface area contributed by atoms with E-state index in [1.807, 2.05) is 18.2 Å². The maximum Gasteiger partial charge on any atom is 0.490 e. The number of piperidine rings is 1. The van der Waals surface area contributed by atoms with Crippen LogP contribution < -0.4 is 10.2 Å². The third kappa shape index (κ3) is 7.60. The first-order chi connectivity index (χ1) is 16.6. The molecule has 3 heterocycles. The van der Waals surface area contributed by atoms with E-state index < -0.39 is 12.1 Å². The second-order valence-electron chi connectivity index (χ2n) is 7.86. The molecule has 8 nitrogen and oxygen atoms in total. The Morgan fingerprint density at radius 2 is 1.71 bits per heavy atom. The van der Waals surface area contributed by atoms with E-state index in [-0.39, 0.29) is 11.7 Å². The predicted molar refractivity (Wildman–Crippen MR) is 127 cm³/mol. The van der Waals surface area contributed by atoms with E-state index in [2.05, 4.69) is 31.0 Å². The van der Waals surface area contributed by atoms with E-state index in [4.69, 9.17) is 30.7 Å². The lowest BCUT2D eigenvalue weighted by Crippen LogP contribution is -2.49. The number of amides is 1. The summed E-state index contributed by atoms with van der Waals surface area (Å²) in [5, 5.41) is 10.7. The summed E-state index contributed by atoms with van der Waals surface area (Å²) in [5.74, 6) is -2.80. The number of aliphatic carboxylic acids is 1. The third-order valence-corrected chi connectivity index (χ3v) is 6.35. The van der Waals surface area contributed by atoms with E-state index in [1.165, 1.54) is 0 Å². The fraction of sp³-hybridized carbons (Fsp3) is 0.455. The maximum absolute atomic E-state index is 12.5. The van der Waals surface area contributed by atoms with Crippen LogP contribution in [0.2, 0.25) is 5.02 Å². The second kappa shape index (κ2) is 12.1. The van der Waals surface area contributed by atoms with Crippen LogP contribution >= 0.6 is 27.5 Å². The molecule has 35 heavy (non-hydrogen) atoms. The van der Waals surface area contributed by atoms with Crippen molar-refractivity contribution in [2.75, 3.05) is 49.6 Å². The number of para-hydroxylation sites is 1. The first-order valence-electron chi connectivity index (χ1n) is 10.8. The van der Waals surface area contributed by atoms with Crippen molar-refractivity contribution in [2.45, 2.75) is 25.1 Å². The second-order valence-corrected chi connectivity index (χ2v) is 9.05. The van der Waals surface area contributed by atoms with Crippen LogP contribution in [0.1, 0.15) is 23.4 Å². The number of carbonyl (C=O) groups is 2.